The van der Waals surface area contributed by atoms with Gasteiger partial charge in [0.1, 0.15) is 5.75 Å². The summed E-state index contributed by atoms with van der Waals surface area (Å²) in [7, 11) is 1.65. The molecule has 5 heteroatoms. The quantitative estimate of drug-likeness (QED) is 0.704. The van der Waals surface area contributed by atoms with Crippen LogP contribution >= 0.6 is 0 Å². The first kappa shape index (κ1) is 17.0. The first-order valence-corrected chi connectivity index (χ1v) is 7.25. The molecule has 114 valence electrons. The molecule has 0 saturated carbocycles. The molecule has 0 aliphatic carbocycles. The van der Waals surface area contributed by atoms with E-state index < -0.39 is 0 Å². The van der Waals surface area contributed by atoms with Crippen molar-refractivity contribution in [3.63, 3.8) is 0 Å². The van der Waals surface area contributed by atoms with Crippen LogP contribution in [0.4, 0.5) is 0 Å². The minimum atomic E-state index is 0.0334. The SMILES string of the molecule is CCCN(CCCOc1cccc(C#N)c1)CC(=O)NC. The summed E-state index contributed by atoms with van der Waals surface area (Å²) in [5.74, 6) is 0.744. The Balaban J connectivity index is 2.33. The summed E-state index contributed by atoms with van der Waals surface area (Å²) >= 11 is 0. The minimum Gasteiger partial charge on any atom is -0.494 e. The van der Waals surface area contributed by atoms with E-state index in [2.05, 4.69) is 23.2 Å². The molecule has 1 aromatic carbocycles. The second kappa shape index (κ2) is 9.78. The fourth-order valence-electron chi connectivity index (χ4n) is 2.00. The van der Waals surface area contributed by atoms with Gasteiger partial charge in [-0.1, -0.05) is 13.0 Å². The van der Waals surface area contributed by atoms with Crippen molar-refractivity contribution in [2.45, 2.75) is 19.8 Å². The van der Waals surface area contributed by atoms with Gasteiger partial charge in [0.15, 0.2) is 0 Å². The summed E-state index contributed by atoms with van der Waals surface area (Å²) in [5, 5.41) is 11.5. The van der Waals surface area contributed by atoms with Gasteiger partial charge in [-0.2, -0.15) is 5.26 Å². The van der Waals surface area contributed by atoms with Crippen molar-refractivity contribution in [1.29, 1.82) is 5.26 Å². The number of rotatable bonds is 9. The van der Waals surface area contributed by atoms with Crippen molar-refractivity contribution >= 4 is 5.91 Å². The molecule has 5 nitrogen and oxygen atoms in total. The zero-order chi connectivity index (χ0) is 15.5. The summed E-state index contributed by atoms with van der Waals surface area (Å²) < 4.78 is 5.63. The Morgan fingerprint density at radius 3 is 2.90 bits per heavy atom. The Morgan fingerprint density at radius 2 is 2.24 bits per heavy atom. The van der Waals surface area contributed by atoms with Gasteiger partial charge in [-0.15, -0.1) is 0 Å². The number of carbonyl (C=O) groups is 1. The summed E-state index contributed by atoms with van der Waals surface area (Å²) in [5.41, 5.74) is 0.597. The number of likely N-dealkylation sites (N-methyl/N-ethyl adjacent to an activating group) is 1. The molecule has 0 spiro atoms. The van der Waals surface area contributed by atoms with Gasteiger partial charge >= 0.3 is 0 Å². The van der Waals surface area contributed by atoms with E-state index in [-0.39, 0.29) is 5.91 Å². The van der Waals surface area contributed by atoms with Gasteiger partial charge in [-0.25, -0.2) is 0 Å². The molecule has 21 heavy (non-hydrogen) atoms. The average Bonchev–Trinajstić information content (AvgIpc) is 2.51. The summed E-state index contributed by atoms with van der Waals surface area (Å²) in [6.45, 7) is 4.81. The van der Waals surface area contributed by atoms with E-state index >= 15 is 0 Å². The van der Waals surface area contributed by atoms with Crippen LogP contribution in [-0.4, -0.2) is 44.1 Å². The first-order valence-electron chi connectivity index (χ1n) is 7.25. The maximum atomic E-state index is 11.4. The highest BCUT2D eigenvalue weighted by atomic mass is 16.5. The lowest BCUT2D eigenvalue weighted by Crippen LogP contribution is -2.37. The van der Waals surface area contributed by atoms with Gasteiger partial charge in [-0.3, -0.25) is 9.69 Å². The van der Waals surface area contributed by atoms with E-state index in [1.165, 1.54) is 0 Å². The number of hydrogen-bond donors (Lipinski definition) is 1. The summed E-state index contributed by atoms with van der Waals surface area (Å²) in [4.78, 5) is 13.5. The Morgan fingerprint density at radius 1 is 1.43 bits per heavy atom. The molecule has 1 rings (SSSR count). The summed E-state index contributed by atoms with van der Waals surface area (Å²) in [6, 6.07) is 9.22. The number of nitriles is 1. The molecule has 0 aromatic heterocycles. The van der Waals surface area contributed by atoms with Crippen molar-refractivity contribution in [2.75, 3.05) is 33.3 Å². The van der Waals surface area contributed by atoms with E-state index in [1.807, 2.05) is 12.1 Å². The van der Waals surface area contributed by atoms with Crippen LogP contribution in [0.15, 0.2) is 24.3 Å². The lowest BCUT2D eigenvalue weighted by molar-refractivity contribution is -0.121. The Kier molecular flexibility index (Phi) is 7.92. The van der Waals surface area contributed by atoms with E-state index in [4.69, 9.17) is 10.00 Å². The van der Waals surface area contributed by atoms with Gasteiger partial charge < -0.3 is 10.1 Å². The number of nitrogens with zero attached hydrogens (tertiary/aromatic N) is 2. The van der Waals surface area contributed by atoms with Crippen molar-refractivity contribution in [3.8, 4) is 11.8 Å². The predicted octanol–water partition coefficient (Wildman–Crippen LogP) is 1.79. The van der Waals surface area contributed by atoms with Gasteiger partial charge in [0.05, 0.1) is 24.8 Å². The third-order valence-electron chi connectivity index (χ3n) is 3.04. The fourth-order valence-corrected chi connectivity index (χ4v) is 2.00. The van der Waals surface area contributed by atoms with Gasteiger partial charge in [0.25, 0.3) is 0 Å². The highest BCUT2D eigenvalue weighted by molar-refractivity contribution is 5.77. The highest BCUT2D eigenvalue weighted by Gasteiger charge is 2.08. The molecular formula is C16H23N3O2. The van der Waals surface area contributed by atoms with E-state index in [0.717, 1.165) is 25.9 Å². The number of hydrogen-bond acceptors (Lipinski definition) is 4. The largest absolute Gasteiger partial charge is 0.494 e. The third-order valence-corrected chi connectivity index (χ3v) is 3.04. The molecule has 0 fully saturated rings. The number of carbonyl (C=O) groups excluding carboxylic acids is 1. The van der Waals surface area contributed by atoms with E-state index in [9.17, 15) is 4.79 Å². The molecule has 0 aliphatic heterocycles. The van der Waals surface area contributed by atoms with Crippen molar-refractivity contribution < 1.29 is 9.53 Å². The van der Waals surface area contributed by atoms with Crippen LogP contribution < -0.4 is 10.1 Å². The van der Waals surface area contributed by atoms with Gasteiger partial charge in [0, 0.05) is 13.6 Å². The zero-order valence-electron chi connectivity index (χ0n) is 12.8. The molecule has 0 heterocycles. The fraction of sp³-hybridized carbons (Fsp3) is 0.500. The molecular weight excluding hydrogens is 266 g/mol. The summed E-state index contributed by atoms with van der Waals surface area (Å²) in [6.07, 6.45) is 1.86. The predicted molar refractivity (Wildman–Crippen MR) is 82.1 cm³/mol. The third kappa shape index (κ3) is 6.77. The molecule has 0 saturated heterocycles. The van der Waals surface area contributed by atoms with Gasteiger partial charge in [0.2, 0.25) is 5.91 Å². The standard InChI is InChI=1S/C16H23N3O2/c1-3-8-19(13-16(20)18-2)9-5-10-21-15-7-4-6-14(11-15)12-17/h4,6-7,11H,3,5,8-10,13H2,1-2H3,(H,18,20). The van der Waals surface area contributed by atoms with Crippen LogP contribution in [0.25, 0.3) is 0 Å². The topological polar surface area (TPSA) is 65.4 Å². The molecule has 0 bridgehead atoms. The smallest absolute Gasteiger partial charge is 0.233 e. The lowest BCUT2D eigenvalue weighted by Gasteiger charge is -2.20. The lowest BCUT2D eigenvalue weighted by atomic mass is 10.2. The van der Waals surface area contributed by atoms with Crippen LogP contribution in [0.5, 0.6) is 5.75 Å². The van der Waals surface area contributed by atoms with Crippen LogP contribution in [0, 0.1) is 11.3 Å². The number of benzene rings is 1. The maximum absolute atomic E-state index is 11.4. The Hall–Kier alpha value is -2.06. The molecule has 1 aromatic rings. The van der Waals surface area contributed by atoms with Gasteiger partial charge in [-0.05, 0) is 37.6 Å². The molecule has 0 atom stereocenters. The van der Waals surface area contributed by atoms with Crippen LogP contribution in [0.3, 0.4) is 0 Å². The van der Waals surface area contributed by atoms with Crippen molar-refractivity contribution in [3.05, 3.63) is 29.8 Å². The first-order chi connectivity index (χ1) is 10.2. The zero-order valence-corrected chi connectivity index (χ0v) is 12.8. The monoisotopic (exact) mass is 289 g/mol. The minimum absolute atomic E-state index is 0.0334. The number of nitrogens with one attached hydrogen (secondary N) is 1. The maximum Gasteiger partial charge on any atom is 0.233 e. The average molecular weight is 289 g/mol. The second-order valence-electron chi connectivity index (χ2n) is 4.79. The molecule has 1 N–H and O–H groups in total. The van der Waals surface area contributed by atoms with E-state index in [0.29, 0.717) is 24.5 Å². The molecule has 0 aliphatic rings. The normalized spacial score (nSPS) is 10.2. The van der Waals surface area contributed by atoms with Crippen LogP contribution in [0.2, 0.25) is 0 Å². The highest BCUT2D eigenvalue weighted by Crippen LogP contribution is 2.12. The van der Waals surface area contributed by atoms with Crippen LogP contribution in [-0.2, 0) is 4.79 Å². The number of ether oxygens (including phenoxy) is 1. The Labute approximate surface area is 126 Å². The Bertz CT molecular complexity index is 483. The second-order valence-corrected chi connectivity index (χ2v) is 4.79. The molecule has 1 amide bonds. The molecule has 0 unspecified atom stereocenters. The molecule has 0 radical (unpaired) electrons. The van der Waals surface area contributed by atoms with Crippen molar-refractivity contribution in [2.24, 2.45) is 0 Å². The van der Waals surface area contributed by atoms with Crippen molar-refractivity contribution in [1.82, 2.24) is 10.2 Å². The van der Waals surface area contributed by atoms with E-state index in [1.54, 1.807) is 19.2 Å². The number of amides is 1. The van der Waals surface area contributed by atoms with Crippen LogP contribution in [0.1, 0.15) is 25.3 Å².